The lowest BCUT2D eigenvalue weighted by molar-refractivity contribution is 0.141. The van der Waals surface area contributed by atoms with E-state index in [9.17, 15) is 9.59 Å². The average Bonchev–Trinajstić information content (AvgIpc) is 3.68. The number of hydrogen-bond acceptors (Lipinski definition) is 9. The monoisotopic (exact) mass is 488 g/mol. The van der Waals surface area contributed by atoms with Crippen LogP contribution < -0.4 is 0 Å². The standard InChI is InChI=1S/C10H14N2O3.C7H6N4O.C6H12O2/c1-2-14-7-3-4-8-15-10(13)12-6-5-11-9-12;12-7(10-3-1-8-5-10)11-4-2-9-6-11;1-2-8-6-4-3-5-7/h2,5-6,9H,1,3-4,7-8H2;1-6H;2,7H,1,3-6H2. The van der Waals surface area contributed by atoms with Crippen LogP contribution in [0, 0.1) is 0 Å². The number of hydrogen-bond donors (Lipinski definition) is 1. The van der Waals surface area contributed by atoms with E-state index >= 15 is 0 Å². The molecule has 3 aromatic rings. The number of carbonyl (C=O) groups excluding carboxylic acids is 2. The van der Waals surface area contributed by atoms with E-state index < -0.39 is 6.09 Å². The molecule has 3 rings (SSSR count). The molecular formula is C23H32N6O6. The van der Waals surface area contributed by atoms with Gasteiger partial charge < -0.3 is 19.3 Å². The fraction of sp³-hybridized carbons (Fsp3) is 0.348. The Kier molecular flexibility index (Phi) is 15.9. The van der Waals surface area contributed by atoms with Crippen molar-refractivity contribution < 1.29 is 28.9 Å². The van der Waals surface area contributed by atoms with Crippen LogP contribution in [0.5, 0.6) is 0 Å². The van der Waals surface area contributed by atoms with Crippen LogP contribution >= 0.6 is 0 Å². The third-order valence-electron chi connectivity index (χ3n) is 3.95. The summed E-state index contributed by atoms with van der Waals surface area (Å²) in [5, 5.41) is 8.28. The lowest BCUT2D eigenvalue weighted by atomic mass is 10.3. The second-order valence-electron chi connectivity index (χ2n) is 6.52. The Labute approximate surface area is 204 Å². The molecule has 0 spiro atoms. The number of imidazole rings is 3. The van der Waals surface area contributed by atoms with E-state index in [0.717, 1.165) is 25.7 Å². The highest BCUT2D eigenvalue weighted by Crippen LogP contribution is 1.95. The van der Waals surface area contributed by atoms with Crippen molar-refractivity contribution in [3.8, 4) is 0 Å². The second kappa shape index (κ2) is 19.3. The fourth-order valence-corrected chi connectivity index (χ4v) is 2.23. The van der Waals surface area contributed by atoms with Crippen LogP contribution in [-0.2, 0) is 14.2 Å². The first-order valence-corrected chi connectivity index (χ1v) is 10.9. The topological polar surface area (TPSA) is 136 Å². The van der Waals surface area contributed by atoms with Gasteiger partial charge in [0.1, 0.15) is 19.0 Å². The minimum absolute atomic E-state index is 0.190. The summed E-state index contributed by atoms with van der Waals surface area (Å²) in [6.07, 6.45) is 19.4. The van der Waals surface area contributed by atoms with Crippen molar-refractivity contribution in [2.24, 2.45) is 0 Å². The van der Waals surface area contributed by atoms with E-state index in [-0.39, 0.29) is 12.6 Å². The van der Waals surface area contributed by atoms with E-state index in [1.807, 2.05) is 0 Å². The lowest BCUT2D eigenvalue weighted by Gasteiger charge is -2.04. The molecule has 0 aliphatic heterocycles. The Hall–Kier alpha value is -4.19. The largest absolute Gasteiger partial charge is 0.502 e. The van der Waals surface area contributed by atoms with Gasteiger partial charge in [-0.2, -0.15) is 0 Å². The van der Waals surface area contributed by atoms with Gasteiger partial charge in [-0.25, -0.2) is 29.1 Å². The lowest BCUT2D eigenvalue weighted by Crippen LogP contribution is -2.15. The Bertz CT molecular complexity index is 890. The second-order valence-corrected chi connectivity index (χ2v) is 6.52. The molecule has 190 valence electrons. The molecule has 3 heterocycles. The first-order valence-electron chi connectivity index (χ1n) is 10.9. The highest BCUT2D eigenvalue weighted by atomic mass is 16.5. The minimum Gasteiger partial charge on any atom is -0.502 e. The fourth-order valence-electron chi connectivity index (χ4n) is 2.23. The maximum atomic E-state index is 11.4. The summed E-state index contributed by atoms with van der Waals surface area (Å²) < 4.78 is 18.7. The number of aliphatic hydroxyl groups is 1. The third-order valence-corrected chi connectivity index (χ3v) is 3.95. The molecule has 35 heavy (non-hydrogen) atoms. The van der Waals surface area contributed by atoms with Crippen LogP contribution in [0.25, 0.3) is 0 Å². The number of nitrogens with zero attached hydrogens (tertiary/aromatic N) is 6. The van der Waals surface area contributed by atoms with Crippen molar-refractivity contribution >= 4 is 12.1 Å². The number of aromatic nitrogens is 6. The van der Waals surface area contributed by atoms with Crippen molar-refractivity contribution in [2.75, 3.05) is 26.4 Å². The smallest absolute Gasteiger partial charge is 0.419 e. The molecule has 0 atom stereocenters. The van der Waals surface area contributed by atoms with Gasteiger partial charge in [0.25, 0.3) is 0 Å². The van der Waals surface area contributed by atoms with Crippen LogP contribution in [0.15, 0.2) is 81.8 Å². The van der Waals surface area contributed by atoms with Crippen LogP contribution in [-0.4, -0.2) is 72.3 Å². The summed E-state index contributed by atoms with van der Waals surface area (Å²) in [6.45, 7) is 8.71. The van der Waals surface area contributed by atoms with E-state index in [1.165, 1.54) is 51.4 Å². The zero-order valence-corrected chi connectivity index (χ0v) is 19.6. The maximum Gasteiger partial charge on any atom is 0.419 e. The summed E-state index contributed by atoms with van der Waals surface area (Å²) in [5.41, 5.74) is 0. The zero-order valence-electron chi connectivity index (χ0n) is 19.6. The highest BCUT2D eigenvalue weighted by molar-refractivity contribution is 5.78. The Balaban J connectivity index is 0.000000276. The Morgan fingerprint density at radius 2 is 1.20 bits per heavy atom. The molecule has 12 nitrogen and oxygen atoms in total. The first kappa shape index (κ1) is 28.8. The Morgan fingerprint density at radius 1 is 0.743 bits per heavy atom. The summed E-state index contributed by atoms with van der Waals surface area (Å²) >= 11 is 0. The summed E-state index contributed by atoms with van der Waals surface area (Å²) in [6, 6.07) is -0.190. The molecule has 0 saturated carbocycles. The molecule has 0 aliphatic rings. The minimum atomic E-state index is -0.405. The third kappa shape index (κ3) is 13.2. The van der Waals surface area contributed by atoms with Gasteiger partial charge in [-0.1, -0.05) is 13.2 Å². The first-order chi connectivity index (χ1) is 17.1. The molecule has 0 radical (unpaired) electrons. The van der Waals surface area contributed by atoms with Gasteiger partial charge in [0.2, 0.25) is 0 Å². The van der Waals surface area contributed by atoms with Crippen molar-refractivity contribution in [3.63, 3.8) is 0 Å². The van der Waals surface area contributed by atoms with Crippen LogP contribution in [0.4, 0.5) is 9.59 Å². The van der Waals surface area contributed by atoms with Gasteiger partial charge in [0.05, 0.1) is 32.3 Å². The average molecular weight is 489 g/mol. The molecule has 0 aliphatic carbocycles. The van der Waals surface area contributed by atoms with Crippen LogP contribution in [0.1, 0.15) is 25.7 Å². The highest BCUT2D eigenvalue weighted by Gasteiger charge is 2.04. The molecule has 0 unspecified atom stereocenters. The number of rotatable bonds is 11. The van der Waals surface area contributed by atoms with E-state index in [1.54, 1.807) is 31.0 Å². The number of carbonyl (C=O) groups is 2. The van der Waals surface area contributed by atoms with E-state index in [2.05, 4.69) is 28.1 Å². The molecule has 3 aromatic heterocycles. The van der Waals surface area contributed by atoms with E-state index in [0.29, 0.717) is 19.8 Å². The van der Waals surface area contributed by atoms with Gasteiger partial charge in [0.15, 0.2) is 0 Å². The number of unbranched alkanes of at least 4 members (excludes halogenated alkanes) is 2. The van der Waals surface area contributed by atoms with Gasteiger partial charge in [0, 0.05) is 43.8 Å². The molecular weight excluding hydrogens is 456 g/mol. The van der Waals surface area contributed by atoms with E-state index in [4.69, 9.17) is 19.3 Å². The predicted molar refractivity (Wildman–Crippen MR) is 127 cm³/mol. The van der Waals surface area contributed by atoms with Crippen molar-refractivity contribution in [2.45, 2.75) is 25.7 Å². The van der Waals surface area contributed by atoms with Gasteiger partial charge in [-0.05, 0) is 25.7 Å². The summed E-state index contributed by atoms with van der Waals surface area (Å²) in [4.78, 5) is 33.9. The molecule has 1 N–H and O–H groups in total. The van der Waals surface area contributed by atoms with Crippen molar-refractivity contribution in [1.29, 1.82) is 0 Å². The van der Waals surface area contributed by atoms with Crippen molar-refractivity contribution in [3.05, 3.63) is 81.8 Å². The number of ether oxygens (including phenoxy) is 3. The SMILES string of the molecule is C=COCCCCO.C=COCCCCOC(=O)n1ccnc1.O=C(n1ccnc1)n1ccnc1. The molecule has 0 aromatic carbocycles. The van der Waals surface area contributed by atoms with Crippen molar-refractivity contribution in [1.82, 2.24) is 28.7 Å². The van der Waals surface area contributed by atoms with Crippen LogP contribution in [0.3, 0.4) is 0 Å². The molecule has 0 fully saturated rings. The number of aliphatic hydroxyl groups excluding tert-OH is 1. The Morgan fingerprint density at radius 3 is 1.63 bits per heavy atom. The zero-order chi connectivity index (χ0) is 25.6. The summed E-state index contributed by atoms with van der Waals surface area (Å²) in [5.74, 6) is 0. The molecule has 0 amide bonds. The summed E-state index contributed by atoms with van der Waals surface area (Å²) in [7, 11) is 0. The van der Waals surface area contributed by atoms with Gasteiger partial charge in [-0.15, -0.1) is 0 Å². The molecule has 12 heteroatoms. The molecule has 0 bridgehead atoms. The molecule has 0 saturated heterocycles. The maximum absolute atomic E-state index is 11.4. The predicted octanol–water partition coefficient (Wildman–Crippen LogP) is 3.32. The van der Waals surface area contributed by atoms with Gasteiger partial charge in [-0.3, -0.25) is 9.13 Å². The normalized spacial score (nSPS) is 9.51. The quantitative estimate of drug-likeness (QED) is 0.318. The van der Waals surface area contributed by atoms with Crippen LogP contribution in [0.2, 0.25) is 0 Å². The van der Waals surface area contributed by atoms with Gasteiger partial charge >= 0.3 is 12.1 Å².